The van der Waals surface area contributed by atoms with E-state index in [0.29, 0.717) is 0 Å². The Morgan fingerprint density at radius 1 is 0.339 bits per heavy atom. The van der Waals surface area contributed by atoms with Gasteiger partial charge in [0.15, 0.2) is 0 Å². The van der Waals surface area contributed by atoms with E-state index in [2.05, 4.69) is 184 Å². The van der Waals surface area contributed by atoms with E-state index in [9.17, 15) is 0 Å². The monoisotopic (exact) mass is 705 g/mol. The highest BCUT2D eigenvalue weighted by Crippen LogP contribution is 2.50. The topological polar surface area (TPSA) is 14.8 Å². The van der Waals surface area contributed by atoms with Crippen LogP contribution in [0.2, 0.25) is 0 Å². The molecule has 0 spiro atoms. The van der Waals surface area contributed by atoms with E-state index in [0.717, 1.165) is 0 Å². The van der Waals surface area contributed by atoms with Crippen molar-refractivity contribution in [2.24, 2.45) is 0 Å². The first-order valence-electron chi connectivity index (χ1n) is 19.7. The lowest BCUT2D eigenvalue weighted by molar-refractivity contribution is 1.10. The van der Waals surface area contributed by atoms with Gasteiger partial charge in [0.05, 0.1) is 33.3 Å². The van der Waals surface area contributed by atoms with Gasteiger partial charge in [-0.3, -0.25) is 0 Å². The predicted octanol–water partition coefficient (Wildman–Crippen LogP) is 10.9. The Morgan fingerprint density at radius 3 is 1.57 bits per heavy atom. The van der Waals surface area contributed by atoms with Crippen molar-refractivity contribution in [1.29, 1.82) is 0 Å². The maximum atomic E-state index is 2.65. The Hall–Kier alpha value is -7.30. The van der Waals surface area contributed by atoms with E-state index in [1.165, 1.54) is 132 Å². The molecule has 56 heavy (non-hydrogen) atoms. The smallest absolute Gasteiger partial charge is 0.252 e. The quantitative estimate of drug-likeness (QED) is 0.151. The average Bonchev–Trinajstić information content (AvgIpc) is 3.88. The molecule has 5 heterocycles. The normalized spacial score (nSPS) is 13.3. The Kier molecular flexibility index (Phi) is 4.78. The highest BCUT2D eigenvalue weighted by molar-refractivity contribution is 7.00. The lowest BCUT2D eigenvalue weighted by atomic mass is 9.34. The molecule has 3 aliphatic rings. The van der Waals surface area contributed by atoms with Gasteiger partial charge in [0.2, 0.25) is 0 Å². The second-order valence-corrected chi connectivity index (χ2v) is 16.0. The molecule has 0 unspecified atom stereocenters. The Labute approximate surface area is 320 Å². The third kappa shape index (κ3) is 3.06. The molecule has 0 amide bonds. The molecule has 9 aromatic carbocycles. The SMILES string of the molecule is c1ccc2c(c1)-c1cccc3cc4c5c(c13)c1c-2cccc1n5-c1cc(-n2c3ccccc3c3ccccc32)cc2c1B4c1cccc3c4ccccc4n-2c13. The van der Waals surface area contributed by atoms with Crippen molar-refractivity contribution in [3.05, 3.63) is 170 Å². The number of fused-ring (bicyclic) bond motifs is 14. The number of aromatic nitrogens is 3. The number of para-hydroxylation sites is 4. The molecular weight excluding hydrogens is 677 g/mol. The summed E-state index contributed by atoms with van der Waals surface area (Å²) in [5, 5.41) is 10.6. The zero-order valence-electron chi connectivity index (χ0n) is 30.1. The zero-order chi connectivity index (χ0) is 36.0. The van der Waals surface area contributed by atoms with Gasteiger partial charge in [-0.2, -0.15) is 0 Å². The van der Waals surface area contributed by atoms with Gasteiger partial charge in [-0.1, -0.05) is 133 Å². The van der Waals surface area contributed by atoms with E-state index in [-0.39, 0.29) is 6.71 Å². The van der Waals surface area contributed by atoms with Gasteiger partial charge < -0.3 is 13.7 Å². The highest BCUT2D eigenvalue weighted by atomic mass is 15.1. The molecule has 3 aromatic heterocycles. The summed E-state index contributed by atoms with van der Waals surface area (Å²) in [6, 6.07) is 64.3. The molecule has 12 aromatic rings. The highest BCUT2D eigenvalue weighted by Gasteiger charge is 2.42. The standard InChI is InChI=1S/C52H28BN3/c1-2-14-32-31(13-1)36-18-9-12-29-26-40-52-49(47(29)36)48-37(32)19-11-25-44(48)56(52)46-28-30(54-41-22-6-3-15-33(41)34-16-4-7-23-42(34)54)27-45-50(46)53(40)39-21-10-20-38-35-17-5-8-24-43(35)55(45)51(38)39/h1-28H. The van der Waals surface area contributed by atoms with Crippen LogP contribution in [0.15, 0.2) is 170 Å². The fraction of sp³-hybridized carbons (Fsp3) is 0. The zero-order valence-corrected chi connectivity index (χ0v) is 30.1. The molecule has 3 nitrogen and oxygen atoms in total. The maximum Gasteiger partial charge on any atom is 0.252 e. The first-order chi connectivity index (χ1) is 27.8. The van der Waals surface area contributed by atoms with Crippen molar-refractivity contribution in [1.82, 2.24) is 13.7 Å². The fourth-order valence-corrected chi connectivity index (χ4v) is 11.5. The minimum atomic E-state index is 0.0617. The molecule has 0 bridgehead atoms. The first-order valence-corrected chi connectivity index (χ1v) is 19.7. The lowest BCUT2D eigenvalue weighted by Gasteiger charge is -2.34. The minimum Gasteiger partial charge on any atom is -0.310 e. The Bertz CT molecular complexity index is 3780. The van der Waals surface area contributed by atoms with Gasteiger partial charge in [0.25, 0.3) is 6.71 Å². The van der Waals surface area contributed by atoms with Crippen molar-refractivity contribution in [3.63, 3.8) is 0 Å². The van der Waals surface area contributed by atoms with Gasteiger partial charge in [-0.15, -0.1) is 0 Å². The summed E-state index contributed by atoms with van der Waals surface area (Å²) >= 11 is 0. The average molecular weight is 706 g/mol. The number of benzene rings is 9. The second kappa shape index (κ2) is 9.49. The number of nitrogens with zero attached hydrogens (tertiary/aromatic N) is 3. The third-order valence-electron chi connectivity index (χ3n) is 13.5. The number of hydrogen-bond acceptors (Lipinski definition) is 0. The molecular formula is C52H28BN3. The summed E-state index contributed by atoms with van der Waals surface area (Å²) in [5.41, 5.74) is 20.7. The van der Waals surface area contributed by atoms with Gasteiger partial charge >= 0.3 is 0 Å². The van der Waals surface area contributed by atoms with E-state index in [1.807, 2.05) is 0 Å². The van der Waals surface area contributed by atoms with Crippen LogP contribution >= 0.6 is 0 Å². The number of hydrogen-bond donors (Lipinski definition) is 0. The van der Waals surface area contributed by atoms with E-state index in [4.69, 9.17) is 0 Å². The van der Waals surface area contributed by atoms with Crippen molar-refractivity contribution in [2.45, 2.75) is 0 Å². The van der Waals surface area contributed by atoms with Crippen LogP contribution in [-0.2, 0) is 0 Å². The van der Waals surface area contributed by atoms with Crippen molar-refractivity contribution >= 4 is 99.3 Å². The first kappa shape index (κ1) is 28.2. The molecule has 254 valence electrons. The van der Waals surface area contributed by atoms with Crippen molar-refractivity contribution < 1.29 is 0 Å². The molecule has 4 heteroatoms. The summed E-state index contributed by atoms with van der Waals surface area (Å²) in [7, 11) is 0. The molecule has 0 N–H and O–H groups in total. The van der Waals surface area contributed by atoms with Crippen molar-refractivity contribution in [3.8, 4) is 39.3 Å². The summed E-state index contributed by atoms with van der Waals surface area (Å²) in [6.07, 6.45) is 0. The lowest BCUT2D eigenvalue weighted by Crippen LogP contribution is -2.59. The van der Waals surface area contributed by atoms with Gasteiger partial charge in [-0.25, -0.2) is 0 Å². The summed E-state index contributed by atoms with van der Waals surface area (Å²) < 4.78 is 7.74. The molecule has 0 saturated heterocycles. The maximum absolute atomic E-state index is 2.65. The van der Waals surface area contributed by atoms with Crippen molar-refractivity contribution in [2.75, 3.05) is 0 Å². The molecule has 15 rings (SSSR count). The minimum absolute atomic E-state index is 0.0617. The van der Waals surface area contributed by atoms with Crippen LogP contribution in [-0.4, -0.2) is 20.4 Å². The molecule has 1 aliphatic carbocycles. The van der Waals surface area contributed by atoms with Crippen LogP contribution in [0.4, 0.5) is 0 Å². The van der Waals surface area contributed by atoms with Crippen LogP contribution in [0.25, 0.3) is 116 Å². The van der Waals surface area contributed by atoms with Gasteiger partial charge in [0, 0.05) is 49.2 Å². The second-order valence-electron chi connectivity index (χ2n) is 16.0. The van der Waals surface area contributed by atoms with Gasteiger partial charge in [-0.05, 0) is 85.8 Å². The summed E-state index contributed by atoms with van der Waals surface area (Å²) in [4.78, 5) is 0. The Morgan fingerprint density at radius 2 is 0.857 bits per heavy atom. The molecule has 0 saturated carbocycles. The van der Waals surface area contributed by atoms with Crippen LogP contribution in [0.5, 0.6) is 0 Å². The van der Waals surface area contributed by atoms with Crippen LogP contribution in [0.1, 0.15) is 0 Å². The van der Waals surface area contributed by atoms with E-state index in [1.54, 1.807) is 0 Å². The van der Waals surface area contributed by atoms with E-state index < -0.39 is 0 Å². The Balaban J connectivity index is 1.21. The fourth-order valence-electron chi connectivity index (χ4n) is 11.5. The molecule has 0 radical (unpaired) electrons. The molecule has 2 aliphatic heterocycles. The third-order valence-corrected chi connectivity index (χ3v) is 13.5. The van der Waals surface area contributed by atoms with E-state index >= 15 is 0 Å². The van der Waals surface area contributed by atoms with Crippen LogP contribution < -0.4 is 16.4 Å². The number of rotatable bonds is 1. The summed E-state index contributed by atoms with van der Waals surface area (Å²) in [6.45, 7) is 0.0617. The predicted molar refractivity (Wildman–Crippen MR) is 236 cm³/mol. The molecule has 0 fully saturated rings. The van der Waals surface area contributed by atoms with Crippen LogP contribution in [0.3, 0.4) is 0 Å². The molecule has 0 atom stereocenters. The van der Waals surface area contributed by atoms with Crippen LogP contribution in [0, 0.1) is 0 Å². The summed E-state index contributed by atoms with van der Waals surface area (Å²) in [5.74, 6) is 0. The van der Waals surface area contributed by atoms with Gasteiger partial charge in [0.1, 0.15) is 0 Å². The largest absolute Gasteiger partial charge is 0.310 e.